The van der Waals surface area contributed by atoms with E-state index in [0.717, 1.165) is 35.5 Å². The first-order chi connectivity index (χ1) is 20.1. The molecule has 242 valence electrons. The number of thiazole rings is 1. The number of aliphatic hydroxyl groups excluding tert-OH is 2. The number of rotatable bonds is 4. The minimum absolute atomic E-state index is 0.200. The molecule has 8 atom stereocenters. The van der Waals surface area contributed by atoms with Gasteiger partial charge in [-0.05, 0) is 57.1 Å². The molecule has 3 saturated heterocycles. The van der Waals surface area contributed by atoms with Crippen molar-refractivity contribution in [1.29, 1.82) is 0 Å². The zero-order chi connectivity index (χ0) is 31.7. The molecule has 10 nitrogen and oxygen atoms in total. The number of cyclic esters (lactones) is 1. The fourth-order valence-electron chi connectivity index (χ4n) is 6.62. The predicted octanol–water partition coefficient (Wildman–Crippen LogP) is 4.10. The molecule has 0 aromatic carbocycles. The number of aryl methyl sites for hydroxylation is 1. The zero-order valence-corrected chi connectivity index (χ0v) is 28.0. The molecule has 3 aliphatic rings. The molecule has 4 unspecified atom stereocenters. The van der Waals surface area contributed by atoms with Crippen molar-refractivity contribution >= 4 is 39.4 Å². The number of carbonyl (C=O) groups excluding carboxylic acids is 2. The van der Waals surface area contributed by atoms with Crippen molar-refractivity contribution in [1.82, 2.24) is 13.6 Å². The van der Waals surface area contributed by atoms with Gasteiger partial charge in [-0.15, -0.1) is 11.3 Å². The number of aromatic nitrogens is 1. The van der Waals surface area contributed by atoms with Crippen molar-refractivity contribution in [2.24, 2.45) is 17.3 Å². The van der Waals surface area contributed by atoms with Gasteiger partial charge in [-0.3, -0.25) is 9.59 Å². The van der Waals surface area contributed by atoms with Crippen LogP contribution in [-0.4, -0.2) is 87.5 Å². The number of piperidine rings is 1. The summed E-state index contributed by atoms with van der Waals surface area (Å²) in [6, 6.07) is -0.594. The summed E-state index contributed by atoms with van der Waals surface area (Å²) >= 11 is 1.51. The van der Waals surface area contributed by atoms with Crippen molar-refractivity contribution in [2.45, 2.75) is 123 Å². The van der Waals surface area contributed by atoms with Gasteiger partial charge in [-0.25, -0.2) is 4.98 Å². The second-order valence-corrected chi connectivity index (χ2v) is 16.2. The van der Waals surface area contributed by atoms with Gasteiger partial charge in [0.2, 0.25) is 0 Å². The Kier molecular flexibility index (Phi) is 10.9. The van der Waals surface area contributed by atoms with E-state index in [1.165, 1.54) is 11.3 Å². The van der Waals surface area contributed by atoms with Crippen LogP contribution in [0.4, 0.5) is 0 Å². The Morgan fingerprint density at radius 3 is 2.40 bits per heavy atom. The van der Waals surface area contributed by atoms with Gasteiger partial charge < -0.3 is 14.9 Å². The van der Waals surface area contributed by atoms with Crippen LogP contribution in [0.2, 0.25) is 0 Å². The fourth-order valence-corrected chi connectivity index (χ4v) is 9.28. The van der Waals surface area contributed by atoms with E-state index in [4.69, 9.17) is 4.74 Å². The van der Waals surface area contributed by atoms with Gasteiger partial charge in [0, 0.05) is 42.9 Å². The van der Waals surface area contributed by atoms with E-state index in [0.29, 0.717) is 32.4 Å². The summed E-state index contributed by atoms with van der Waals surface area (Å²) in [4.78, 5) is 31.2. The van der Waals surface area contributed by atoms with Gasteiger partial charge in [0.15, 0.2) is 0 Å². The predicted molar refractivity (Wildman–Crippen MR) is 166 cm³/mol. The van der Waals surface area contributed by atoms with Gasteiger partial charge >= 0.3 is 5.97 Å². The third kappa shape index (κ3) is 7.76. The van der Waals surface area contributed by atoms with E-state index in [1.807, 2.05) is 32.2 Å². The van der Waals surface area contributed by atoms with Crippen LogP contribution >= 0.6 is 11.3 Å². The van der Waals surface area contributed by atoms with Gasteiger partial charge in [-0.1, -0.05) is 40.5 Å². The molecule has 3 aliphatic heterocycles. The number of esters is 1. The minimum atomic E-state index is -3.69. The maximum Gasteiger partial charge on any atom is 0.309 e. The highest BCUT2D eigenvalue weighted by molar-refractivity contribution is 7.87. The van der Waals surface area contributed by atoms with Crippen LogP contribution in [0, 0.1) is 24.2 Å². The third-order valence-corrected chi connectivity index (χ3v) is 12.5. The normalized spacial score (nSPS) is 35.7. The van der Waals surface area contributed by atoms with Gasteiger partial charge in [-0.2, -0.15) is 17.0 Å². The Morgan fingerprint density at radius 1 is 1.09 bits per heavy atom. The summed E-state index contributed by atoms with van der Waals surface area (Å²) in [7, 11) is -3.69. The molecule has 3 fully saturated rings. The summed E-state index contributed by atoms with van der Waals surface area (Å²) < 4.78 is 36.7. The number of fused-ring (bicyclic) bond motifs is 1. The number of hydrogen-bond acceptors (Lipinski definition) is 9. The molecule has 4 heterocycles. The number of Topliss-reactive ketones (excluding diaryl/α,β-unsaturated/α-hetero) is 1. The summed E-state index contributed by atoms with van der Waals surface area (Å²) in [6.07, 6.45) is 3.36. The highest BCUT2D eigenvalue weighted by Gasteiger charge is 2.57. The molecule has 43 heavy (non-hydrogen) atoms. The fraction of sp³-hybridized carbons (Fsp3) is 0.774. The van der Waals surface area contributed by atoms with E-state index >= 15 is 0 Å². The molecular formula is C31H49N3O7S2. The van der Waals surface area contributed by atoms with Crippen molar-refractivity contribution < 1.29 is 33.0 Å². The maximum atomic E-state index is 13.8. The number of ketones is 1. The first kappa shape index (κ1) is 34.2. The first-order valence-electron chi connectivity index (χ1n) is 15.6. The molecule has 0 spiro atoms. The van der Waals surface area contributed by atoms with E-state index in [9.17, 15) is 28.2 Å². The van der Waals surface area contributed by atoms with E-state index < -0.39 is 52.2 Å². The standard InChI is InChI=1S/C31H49N3O7S2/c1-19-11-10-12-24-25(34(24)43(39,40)33-13-8-7-9-14-33)16-26(20(2)15-23-18-42-22(4)32-23)41-28(36)17-27(35)31(5,6)30(38)21(3)29(19)37/h15,18-19,21,24-27,29,35,37H,7-14,16-17H2,1-6H3/b20-15+/t19?,21-,24-,25+,26?,27?,29+,34?/m1/s1. The quantitative estimate of drug-likeness (QED) is 0.371. The lowest BCUT2D eigenvalue weighted by Crippen LogP contribution is -2.45. The Balaban J connectivity index is 1.66. The van der Waals surface area contributed by atoms with Gasteiger partial charge in [0.1, 0.15) is 11.9 Å². The van der Waals surface area contributed by atoms with Crippen LogP contribution in [-0.2, 0) is 24.5 Å². The summed E-state index contributed by atoms with van der Waals surface area (Å²) in [6.45, 7) is 11.5. The van der Waals surface area contributed by atoms with E-state index in [2.05, 4.69) is 4.98 Å². The molecule has 1 aromatic heterocycles. The van der Waals surface area contributed by atoms with Gasteiger partial charge in [0.25, 0.3) is 10.2 Å². The topological polar surface area (TPSA) is 137 Å². The van der Waals surface area contributed by atoms with Crippen LogP contribution in [0.1, 0.15) is 96.7 Å². The lowest BCUT2D eigenvalue weighted by molar-refractivity contribution is -0.154. The van der Waals surface area contributed by atoms with Crippen molar-refractivity contribution in [2.75, 3.05) is 13.1 Å². The number of hydrogen-bond donors (Lipinski definition) is 2. The smallest absolute Gasteiger partial charge is 0.309 e. The zero-order valence-electron chi connectivity index (χ0n) is 26.4. The summed E-state index contributed by atoms with van der Waals surface area (Å²) in [5, 5.41) is 24.9. The number of nitrogens with zero attached hydrogens (tertiary/aromatic N) is 3. The van der Waals surface area contributed by atoms with Crippen molar-refractivity contribution in [3.8, 4) is 0 Å². The van der Waals surface area contributed by atoms with Crippen molar-refractivity contribution in [3.05, 3.63) is 21.7 Å². The average molecular weight is 640 g/mol. The summed E-state index contributed by atoms with van der Waals surface area (Å²) in [5.74, 6) is -1.93. The molecule has 0 saturated carbocycles. The molecule has 1 aromatic rings. The maximum absolute atomic E-state index is 13.8. The second-order valence-electron chi connectivity index (χ2n) is 13.3. The molecule has 12 heteroatoms. The molecule has 2 N–H and O–H groups in total. The monoisotopic (exact) mass is 639 g/mol. The Bertz CT molecular complexity index is 1290. The number of aliphatic hydroxyl groups is 2. The van der Waals surface area contributed by atoms with E-state index in [1.54, 1.807) is 29.4 Å². The molecule has 4 rings (SSSR count). The van der Waals surface area contributed by atoms with Crippen LogP contribution in [0.3, 0.4) is 0 Å². The Labute approximate surface area is 260 Å². The third-order valence-electron chi connectivity index (χ3n) is 9.66. The van der Waals surface area contributed by atoms with Crippen LogP contribution in [0.25, 0.3) is 6.08 Å². The highest BCUT2D eigenvalue weighted by atomic mass is 32.2. The average Bonchev–Trinajstić information content (AvgIpc) is 3.50. The van der Waals surface area contributed by atoms with Gasteiger partial charge in [0.05, 0.1) is 34.7 Å². The molecular weight excluding hydrogens is 590 g/mol. The number of carbonyl (C=O) groups is 2. The van der Waals surface area contributed by atoms with E-state index in [-0.39, 0.29) is 30.2 Å². The molecule has 0 amide bonds. The molecule has 0 radical (unpaired) electrons. The summed E-state index contributed by atoms with van der Waals surface area (Å²) in [5.41, 5.74) is 0.188. The Morgan fingerprint density at radius 2 is 1.77 bits per heavy atom. The molecule has 0 bridgehead atoms. The second kappa shape index (κ2) is 13.7. The van der Waals surface area contributed by atoms with Crippen LogP contribution in [0.5, 0.6) is 0 Å². The molecule has 0 aliphatic carbocycles. The van der Waals surface area contributed by atoms with Crippen LogP contribution in [0.15, 0.2) is 11.0 Å². The largest absolute Gasteiger partial charge is 0.458 e. The first-order valence-corrected chi connectivity index (χ1v) is 17.9. The Hall–Kier alpha value is -1.70. The number of ether oxygens (including phenoxy) is 1. The van der Waals surface area contributed by atoms with Crippen molar-refractivity contribution in [3.63, 3.8) is 0 Å². The minimum Gasteiger partial charge on any atom is -0.458 e. The SMILES string of the molecule is C/C(=C\c1csc(C)n1)C1C[C@H]2[C@@H](CCCC(C)[C@H](O)[C@@H](C)C(=O)C(C)(C)C(O)CC(=O)O1)N2S(=O)(=O)N1CCCCC1. The van der Waals surface area contributed by atoms with Crippen LogP contribution < -0.4 is 0 Å². The lowest BCUT2D eigenvalue weighted by Gasteiger charge is -2.34. The highest BCUT2D eigenvalue weighted by Crippen LogP contribution is 2.43. The lowest BCUT2D eigenvalue weighted by atomic mass is 9.73.